The summed E-state index contributed by atoms with van der Waals surface area (Å²) in [6, 6.07) is 1.77. The van der Waals surface area contributed by atoms with Crippen molar-refractivity contribution in [3.8, 4) is 0 Å². The lowest BCUT2D eigenvalue weighted by Crippen LogP contribution is -1.68. The maximum atomic E-state index is 9.70. The lowest BCUT2D eigenvalue weighted by atomic mass is 10.5. The van der Waals surface area contributed by atoms with Crippen LogP contribution in [0.3, 0.4) is 0 Å². The van der Waals surface area contributed by atoms with E-state index in [0.29, 0.717) is 5.82 Å². The van der Waals surface area contributed by atoms with Gasteiger partial charge in [0.25, 0.3) is 0 Å². The summed E-state index contributed by atoms with van der Waals surface area (Å²) < 4.78 is 0. The molecular weight excluding hydrogens is 142 g/mol. The number of aromatic nitrogens is 2. The minimum absolute atomic E-state index is 0.564. The zero-order valence-electron chi connectivity index (χ0n) is 6.03. The van der Waals surface area contributed by atoms with Crippen LogP contribution in [0.4, 0.5) is 5.82 Å². The number of aromatic amines is 1. The SMILES string of the molecule is Cc1cc(N=CC=C=O)n[nH]1. The normalized spacial score (nSPS) is 9.91. The summed E-state index contributed by atoms with van der Waals surface area (Å²) in [6.45, 7) is 1.88. The smallest absolute Gasteiger partial charge is 0.173 e. The molecule has 0 aliphatic carbocycles. The largest absolute Gasteiger partial charge is 0.281 e. The van der Waals surface area contributed by atoms with Crippen molar-refractivity contribution in [2.75, 3.05) is 0 Å². The molecule has 0 aliphatic rings. The topological polar surface area (TPSA) is 58.1 Å². The van der Waals surface area contributed by atoms with Crippen LogP contribution in [0.15, 0.2) is 17.1 Å². The van der Waals surface area contributed by atoms with Gasteiger partial charge in [0.15, 0.2) is 5.82 Å². The molecule has 1 heterocycles. The van der Waals surface area contributed by atoms with Crippen LogP contribution in [0.25, 0.3) is 0 Å². The van der Waals surface area contributed by atoms with Crippen LogP contribution in [0.5, 0.6) is 0 Å². The molecule has 4 nitrogen and oxygen atoms in total. The Morgan fingerprint density at radius 2 is 2.64 bits per heavy atom. The Kier molecular flexibility index (Phi) is 2.36. The van der Waals surface area contributed by atoms with Crippen LogP contribution < -0.4 is 0 Å². The van der Waals surface area contributed by atoms with Gasteiger partial charge in [0, 0.05) is 24.1 Å². The third-order valence-electron chi connectivity index (χ3n) is 1.04. The van der Waals surface area contributed by atoms with Crippen molar-refractivity contribution in [1.82, 2.24) is 10.2 Å². The second-order valence-corrected chi connectivity index (χ2v) is 1.97. The van der Waals surface area contributed by atoms with Crippen molar-refractivity contribution >= 4 is 18.0 Å². The fourth-order valence-electron chi connectivity index (χ4n) is 0.614. The fraction of sp³-hybridized carbons (Fsp3) is 0.143. The Bertz CT molecular complexity index is 307. The molecular formula is C7H7N3O. The second kappa shape index (κ2) is 3.49. The van der Waals surface area contributed by atoms with Gasteiger partial charge in [0.05, 0.1) is 0 Å². The van der Waals surface area contributed by atoms with E-state index in [9.17, 15) is 4.79 Å². The number of hydrogen-bond donors (Lipinski definition) is 1. The highest BCUT2D eigenvalue weighted by Gasteiger charge is 1.90. The zero-order chi connectivity index (χ0) is 8.10. The van der Waals surface area contributed by atoms with Crippen molar-refractivity contribution in [3.63, 3.8) is 0 Å². The number of H-pyrrole nitrogens is 1. The van der Waals surface area contributed by atoms with Crippen molar-refractivity contribution in [2.45, 2.75) is 6.92 Å². The zero-order valence-corrected chi connectivity index (χ0v) is 6.03. The van der Waals surface area contributed by atoms with Crippen molar-refractivity contribution in [3.05, 3.63) is 17.8 Å². The number of aryl methyl sites for hydroxylation is 1. The molecule has 0 atom stereocenters. The molecule has 0 aromatic carbocycles. The van der Waals surface area contributed by atoms with Gasteiger partial charge in [0.2, 0.25) is 0 Å². The molecule has 1 aromatic heterocycles. The van der Waals surface area contributed by atoms with Gasteiger partial charge < -0.3 is 0 Å². The van der Waals surface area contributed by atoms with Gasteiger partial charge in [-0.3, -0.25) is 5.10 Å². The summed E-state index contributed by atoms with van der Waals surface area (Å²) in [4.78, 5) is 13.5. The van der Waals surface area contributed by atoms with E-state index in [-0.39, 0.29) is 0 Å². The third-order valence-corrected chi connectivity index (χ3v) is 1.04. The monoisotopic (exact) mass is 149 g/mol. The predicted molar refractivity (Wildman–Crippen MR) is 41.7 cm³/mol. The number of nitrogens with one attached hydrogen (secondary N) is 1. The summed E-state index contributed by atoms with van der Waals surface area (Å²) in [5.41, 5.74) is 0.937. The van der Waals surface area contributed by atoms with Crippen LogP contribution in [0.1, 0.15) is 5.69 Å². The molecule has 0 amide bonds. The first-order chi connectivity index (χ1) is 5.33. The highest BCUT2D eigenvalue weighted by molar-refractivity contribution is 5.82. The van der Waals surface area contributed by atoms with Crippen molar-refractivity contribution < 1.29 is 4.79 Å². The summed E-state index contributed by atoms with van der Waals surface area (Å²) in [5.74, 6) is 2.15. The van der Waals surface area contributed by atoms with E-state index in [1.54, 1.807) is 12.0 Å². The molecule has 0 fully saturated rings. The van der Waals surface area contributed by atoms with E-state index in [2.05, 4.69) is 15.2 Å². The lowest BCUT2D eigenvalue weighted by Gasteiger charge is -1.75. The van der Waals surface area contributed by atoms with Crippen LogP contribution in [0, 0.1) is 6.92 Å². The fourth-order valence-corrected chi connectivity index (χ4v) is 0.614. The van der Waals surface area contributed by atoms with E-state index in [1.165, 1.54) is 12.3 Å². The Balaban J connectivity index is 2.71. The van der Waals surface area contributed by atoms with Crippen molar-refractivity contribution in [2.24, 2.45) is 4.99 Å². The Morgan fingerprint density at radius 1 is 1.82 bits per heavy atom. The molecule has 0 radical (unpaired) electrons. The third kappa shape index (κ3) is 2.20. The second-order valence-electron chi connectivity index (χ2n) is 1.97. The minimum Gasteiger partial charge on any atom is -0.281 e. The molecule has 11 heavy (non-hydrogen) atoms. The average Bonchev–Trinajstić information content (AvgIpc) is 2.37. The molecule has 1 N–H and O–H groups in total. The maximum absolute atomic E-state index is 9.70. The quantitative estimate of drug-likeness (QED) is 0.499. The summed E-state index contributed by atoms with van der Waals surface area (Å²) >= 11 is 0. The van der Waals surface area contributed by atoms with Crippen molar-refractivity contribution in [1.29, 1.82) is 0 Å². The molecule has 0 spiro atoms. The number of nitrogens with zero attached hydrogens (tertiary/aromatic N) is 2. The summed E-state index contributed by atoms with van der Waals surface area (Å²) in [7, 11) is 0. The highest BCUT2D eigenvalue weighted by Crippen LogP contribution is 2.06. The molecule has 4 heteroatoms. The van der Waals surface area contributed by atoms with E-state index in [4.69, 9.17) is 0 Å². The van der Waals surface area contributed by atoms with Gasteiger partial charge in [0.1, 0.15) is 5.94 Å². The van der Waals surface area contributed by atoms with Gasteiger partial charge in [-0.2, -0.15) is 5.10 Å². The molecule has 1 rings (SSSR count). The first-order valence-corrected chi connectivity index (χ1v) is 3.08. The maximum Gasteiger partial charge on any atom is 0.173 e. The first-order valence-electron chi connectivity index (χ1n) is 3.08. The van der Waals surface area contributed by atoms with Crippen LogP contribution in [-0.4, -0.2) is 22.4 Å². The number of rotatable bonds is 2. The lowest BCUT2D eigenvalue weighted by molar-refractivity contribution is 0.569. The minimum atomic E-state index is 0.564. The first kappa shape index (κ1) is 7.44. The number of carbonyl (C=O) groups excluding carboxylic acids is 1. The molecule has 0 saturated heterocycles. The molecule has 56 valence electrons. The number of aliphatic imine (C=N–C) groups is 1. The molecule has 0 unspecified atom stereocenters. The van der Waals surface area contributed by atoms with Crippen LogP contribution >= 0.6 is 0 Å². The predicted octanol–water partition coefficient (Wildman–Crippen LogP) is 0.808. The summed E-state index contributed by atoms with van der Waals surface area (Å²) in [5, 5.41) is 6.53. The van der Waals surface area contributed by atoms with E-state index >= 15 is 0 Å². The Labute approximate surface area is 63.7 Å². The number of allylic oxidation sites excluding steroid dienone is 1. The van der Waals surface area contributed by atoms with Gasteiger partial charge in [-0.15, -0.1) is 0 Å². The average molecular weight is 149 g/mol. The molecule has 0 bridgehead atoms. The van der Waals surface area contributed by atoms with Gasteiger partial charge in [-0.05, 0) is 6.92 Å². The van der Waals surface area contributed by atoms with E-state index in [0.717, 1.165) is 5.69 Å². The summed E-state index contributed by atoms with van der Waals surface area (Å²) in [6.07, 6.45) is 2.53. The van der Waals surface area contributed by atoms with Crippen LogP contribution in [-0.2, 0) is 4.79 Å². The molecule has 0 aliphatic heterocycles. The van der Waals surface area contributed by atoms with Gasteiger partial charge in [-0.1, -0.05) is 0 Å². The molecule has 0 saturated carbocycles. The Morgan fingerprint density at radius 3 is 3.18 bits per heavy atom. The Hall–Kier alpha value is -1.67. The molecule has 1 aromatic rings. The van der Waals surface area contributed by atoms with E-state index in [1.807, 2.05) is 6.92 Å². The number of hydrogen-bond acceptors (Lipinski definition) is 3. The van der Waals surface area contributed by atoms with Crippen LogP contribution in [0.2, 0.25) is 0 Å². The van der Waals surface area contributed by atoms with E-state index < -0.39 is 0 Å². The highest BCUT2D eigenvalue weighted by atomic mass is 16.1. The van der Waals surface area contributed by atoms with Gasteiger partial charge in [-0.25, -0.2) is 9.79 Å². The standard InChI is InChI=1S/C7H7N3O/c1-6-5-7(10-9-6)8-3-2-4-11/h2-3,5H,1H3,(H,9,10). The van der Waals surface area contributed by atoms with Gasteiger partial charge >= 0.3 is 0 Å².